The van der Waals surface area contributed by atoms with E-state index in [1.807, 2.05) is 13.8 Å². The van der Waals surface area contributed by atoms with Crippen LogP contribution in [0.15, 0.2) is 10.5 Å². The van der Waals surface area contributed by atoms with E-state index in [-0.39, 0.29) is 11.4 Å². The third kappa shape index (κ3) is 2.30. The second-order valence-electron chi connectivity index (χ2n) is 4.97. The molecular formula is C13H17BrFN. The van der Waals surface area contributed by atoms with Crippen LogP contribution in [0, 0.1) is 19.7 Å². The molecular weight excluding hydrogens is 269 g/mol. The van der Waals surface area contributed by atoms with Gasteiger partial charge in [-0.3, -0.25) is 0 Å². The largest absolute Gasteiger partial charge is 0.325 e. The lowest BCUT2D eigenvalue weighted by Gasteiger charge is -2.13. The number of nitrogens with two attached hydrogens (primary N) is 1. The van der Waals surface area contributed by atoms with Crippen molar-refractivity contribution in [2.45, 2.75) is 45.1 Å². The SMILES string of the molecule is Cc1cc(CCC2(N)CC2)c(C)c(F)c1Br. The van der Waals surface area contributed by atoms with Crippen LogP contribution in [0.5, 0.6) is 0 Å². The van der Waals surface area contributed by atoms with Crippen molar-refractivity contribution in [1.82, 2.24) is 0 Å². The van der Waals surface area contributed by atoms with Gasteiger partial charge in [0.2, 0.25) is 0 Å². The maximum Gasteiger partial charge on any atom is 0.140 e. The number of hydrogen-bond acceptors (Lipinski definition) is 1. The molecule has 0 spiro atoms. The van der Waals surface area contributed by atoms with E-state index in [1.165, 1.54) is 0 Å². The van der Waals surface area contributed by atoms with Crippen molar-refractivity contribution in [3.63, 3.8) is 0 Å². The van der Waals surface area contributed by atoms with Gasteiger partial charge in [0.05, 0.1) is 4.47 Å². The molecule has 0 heterocycles. The van der Waals surface area contributed by atoms with E-state index in [1.54, 1.807) is 0 Å². The van der Waals surface area contributed by atoms with Gasteiger partial charge < -0.3 is 5.73 Å². The molecule has 0 bridgehead atoms. The normalized spacial score (nSPS) is 17.6. The third-order valence-corrected chi connectivity index (χ3v) is 4.50. The molecule has 0 radical (unpaired) electrons. The predicted octanol–water partition coefficient (Wildman–Crippen LogP) is 3.63. The minimum absolute atomic E-state index is 0.0455. The zero-order valence-corrected chi connectivity index (χ0v) is 11.3. The van der Waals surface area contributed by atoms with Crippen LogP contribution in [0.1, 0.15) is 36.0 Å². The van der Waals surface area contributed by atoms with Crippen molar-refractivity contribution in [3.05, 3.63) is 33.0 Å². The second-order valence-corrected chi connectivity index (χ2v) is 5.76. The molecule has 1 fully saturated rings. The smallest absolute Gasteiger partial charge is 0.140 e. The topological polar surface area (TPSA) is 26.0 Å². The highest BCUT2D eigenvalue weighted by molar-refractivity contribution is 9.10. The van der Waals surface area contributed by atoms with Crippen LogP contribution < -0.4 is 5.73 Å². The van der Waals surface area contributed by atoms with Gasteiger partial charge in [0, 0.05) is 5.54 Å². The number of benzene rings is 1. The van der Waals surface area contributed by atoms with Gasteiger partial charge in [0.1, 0.15) is 5.82 Å². The van der Waals surface area contributed by atoms with E-state index in [4.69, 9.17) is 5.73 Å². The Morgan fingerprint density at radius 2 is 2.06 bits per heavy atom. The van der Waals surface area contributed by atoms with Crippen LogP contribution in [0.4, 0.5) is 4.39 Å². The van der Waals surface area contributed by atoms with Crippen molar-refractivity contribution < 1.29 is 4.39 Å². The van der Waals surface area contributed by atoms with Gasteiger partial charge in [-0.25, -0.2) is 4.39 Å². The van der Waals surface area contributed by atoms with E-state index in [2.05, 4.69) is 22.0 Å². The van der Waals surface area contributed by atoms with Crippen LogP contribution in [-0.4, -0.2) is 5.54 Å². The first kappa shape index (κ1) is 12.1. The fourth-order valence-electron chi connectivity index (χ4n) is 1.97. The third-order valence-electron chi connectivity index (χ3n) is 3.53. The molecule has 88 valence electrons. The van der Waals surface area contributed by atoms with Gasteiger partial charge in [0.15, 0.2) is 0 Å². The highest BCUT2D eigenvalue weighted by Crippen LogP contribution is 2.37. The van der Waals surface area contributed by atoms with Gasteiger partial charge >= 0.3 is 0 Å². The fourth-order valence-corrected chi connectivity index (χ4v) is 2.38. The lowest BCUT2D eigenvalue weighted by molar-refractivity contribution is 0.588. The molecule has 0 aromatic heterocycles. The molecule has 16 heavy (non-hydrogen) atoms. The van der Waals surface area contributed by atoms with Crippen molar-refractivity contribution in [2.75, 3.05) is 0 Å². The molecule has 0 aliphatic heterocycles. The van der Waals surface area contributed by atoms with E-state index in [0.29, 0.717) is 4.47 Å². The standard InChI is InChI=1S/C13H17BrFN/c1-8-7-10(3-4-13(16)5-6-13)9(2)12(15)11(8)14/h7H,3-6,16H2,1-2H3. The summed E-state index contributed by atoms with van der Waals surface area (Å²) in [5.41, 5.74) is 8.90. The molecule has 1 aromatic carbocycles. The average molecular weight is 286 g/mol. The minimum Gasteiger partial charge on any atom is -0.325 e. The summed E-state index contributed by atoms with van der Waals surface area (Å²) < 4.78 is 14.4. The summed E-state index contributed by atoms with van der Waals surface area (Å²) in [6.45, 7) is 3.76. The Kier molecular flexibility index (Phi) is 3.10. The Hall–Kier alpha value is -0.410. The van der Waals surface area contributed by atoms with E-state index in [0.717, 1.165) is 42.4 Å². The summed E-state index contributed by atoms with van der Waals surface area (Å²) in [5.74, 6) is -0.128. The summed E-state index contributed by atoms with van der Waals surface area (Å²) in [6.07, 6.45) is 4.08. The van der Waals surface area contributed by atoms with Crippen LogP contribution in [0.3, 0.4) is 0 Å². The van der Waals surface area contributed by atoms with Crippen LogP contribution in [0.25, 0.3) is 0 Å². The lowest BCUT2D eigenvalue weighted by atomic mass is 9.98. The Labute approximate surface area is 104 Å². The summed E-state index contributed by atoms with van der Waals surface area (Å²) >= 11 is 3.27. The van der Waals surface area contributed by atoms with Gasteiger partial charge in [0.25, 0.3) is 0 Å². The summed E-state index contributed by atoms with van der Waals surface area (Å²) in [6, 6.07) is 2.06. The molecule has 1 aliphatic carbocycles. The number of hydrogen-bond donors (Lipinski definition) is 1. The molecule has 1 aliphatic rings. The van der Waals surface area contributed by atoms with Crippen LogP contribution in [0.2, 0.25) is 0 Å². The Balaban J connectivity index is 2.20. The van der Waals surface area contributed by atoms with Crippen molar-refractivity contribution >= 4 is 15.9 Å². The Morgan fingerprint density at radius 3 is 2.62 bits per heavy atom. The van der Waals surface area contributed by atoms with Crippen LogP contribution >= 0.6 is 15.9 Å². The fraction of sp³-hybridized carbons (Fsp3) is 0.538. The number of halogens is 2. The first-order valence-corrected chi connectivity index (χ1v) is 6.45. The lowest BCUT2D eigenvalue weighted by Crippen LogP contribution is -2.22. The van der Waals surface area contributed by atoms with Crippen molar-refractivity contribution in [2.24, 2.45) is 5.73 Å². The number of aryl methyl sites for hydroxylation is 2. The summed E-state index contributed by atoms with van der Waals surface area (Å²) in [5, 5.41) is 0. The maximum absolute atomic E-state index is 13.8. The van der Waals surface area contributed by atoms with E-state index < -0.39 is 0 Å². The Bertz CT molecular complexity index is 424. The molecule has 0 amide bonds. The summed E-state index contributed by atoms with van der Waals surface area (Å²) in [7, 11) is 0. The second kappa shape index (κ2) is 4.11. The average Bonchev–Trinajstić information content (AvgIpc) is 2.98. The van der Waals surface area contributed by atoms with E-state index in [9.17, 15) is 4.39 Å². The summed E-state index contributed by atoms with van der Waals surface area (Å²) in [4.78, 5) is 0. The number of rotatable bonds is 3. The molecule has 0 atom stereocenters. The monoisotopic (exact) mass is 285 g/mol. The maximum atomic E-state index is 13.8. The first-order chi connectivity index (χ1) is 7.43. The van der Waals surface area contributed by atoms with E-state index >= 15 is 0 Å². The molecule has 1 aromatic rings. The molecule has 1 saturated carbocycles. The van der Waals surface area contributed by atoms with Gasteiger partial charge in [-0.1, -0.05) is 6.07 Å². The molecule has 3 heteroatoms. The predicted molar refractivity (Wildman–Crippen MR) is 68.0 cm³/mol. The van der Waals surface area contributed by atoms with Gasteiger partial charge in [-0.05, 0) is 72.2 Å². The van der Waals surface area contributed by atoms with Gasteiger partial charge in [-0.2, -0.15) is 0 Å². The molecule has 2 rings (SSSR count). The molecule has 1 nitrogen and oxygen atoms in total. The minimum atomic E-state index is -0.128. The quantitative estimate of drug-likeness (QED) is 0.902. The van der Waals surface area contributed by atoms with Gasteiger partial charge in [-0.15, -0.1) is 0 Å². The Morgan fingerprint density at radius 1 is 1.44 bits per heavy atom. The van der Waals surface area contributed by atoms with Crippen molar-refractivity contribution in [1.29, 1.82) is 0 Å². The molecule has 0 saturated heterocycles. The molecule has 0 unspecified atom stereocenters. The highest BCUT2D eigenvalue weighted by Gasteiger charge is 2.37. The van der Waals surface area contributed by atoms with Crippen LogP contribution in [-0.2, 0) is 6.42 Å². The zero-order chi connectivity index (χ0) is 11.9. The van der Waals surface area contributed by atoms with Crippen molar-refractivity contribution in [3.8, 4) is 0 Å². The highest BCUT2D eigenvalue weighted by atomic mass is 79.9. The molecule has 2 N–H and O–H groups in total. The zero-order valence-electron chi connectivity index (χ0n) is 9.74. The first-order valence-electron chi connectivity index (χ1n) is 5.66.